The highest BCUT2D eigenvalue weighted by Crippen LogP contribution is 2.31. The van der Waals surface area contributed by atoms with E-state index in [0.717, 1.165) is 19.4 Å². The molecule has 2 aliphatic rings. The highest BCUT2D eigenvalue weighted by Gasteiger charge is 2.29. The van der Waals surface area contributed by atoms with Crippen LogP contribution in [0, 0.1) is 10.1 Å². The van der Waals surface area contributed by atoms with E-state index in [1.807, 2.05) is 4.90 Å². The van der Waals surface area contributed by atoms with Crippen LogP contribution in [0.4, 0.5) is 11.4 Å². The number of halogens is 1. The summed E-state index contributed by atoms with van der Waals surface area (Å²) in [7, 11) is 0. The zero-order valence-corrected chi connectivity index (χ0v) is 16.1. The lowest BCUT2D eigenvalue weighted by Crippen LogP contribution is -2.51. The third-order valence-electron chi connectivity index (χ3n) is 4.97. The van der Waals surface area contributed by atoms with Crippen molar-refractivity contribution in [2.75, 3.05) is 44.3 Å². The van der Waals surface area contributed by atoms with Crippen LogP contribution >= 0.6 is 11.6 Å². The van der Waals surface area contributed by atoms with Gasteiger partial charge in [0.2, 0.25) is 0 Å². The Labute approximate surface area is 163 Å². The van der Waals surface area contributed by atoms with E-state index >= 15 is 0 Å². The number of hydrogen-bond acceptors (Lipinski definition) is 6. The fourth-order valence-electron chi connectivity index (χ4n) is 3.43. The first-order valence-electron chi connectivity index (χ1n) is 9.16. The van der Waals surface area contributed by atoms with Gasteiger partial charge in [-0.15, -0.1) is 0 Å². The molecule has 8 nitrogen and oxygen atoms in total. The monoisotopic (exact) mass is 397 g/mol. The van der Waals surface area contributed by atoms with Crippen LogP contribution in [0.1, 0.15) is 19.8 Å². The number of anilines is 1. The van der Waals surface area contributed by atoms with Crippen molar-refractivity contribution in [3.8, 4) is 0 Å². The van der Waals surface area contributed by atoms with E-state index in [1.165, 1.54) is 6.07 Å². The number of amides is 1. The summed E-state index contributed by atoms with van der Waals surface area (Å²) in [4.78, 5) is 27.1. The molecule has 1 amide bonds. The third-order valence-corrected chi connectivity index (χ3v) is 5.21. The van der Waals surface area contributed by atoms with Crippen LogP contribution in [0.5, 0.6) is 0 Å². The van der Waals surface area contributed by atoms with Gasteiger partial charge < -0.3 is 19.3 Å². The maximum absolute atomic E-state index is 12.6. The number of ether oxygens (including phenoxy) is 2. The van der Waals surface area contributed by atoms with Gasteiger partial charge in [-0.1, -0.05) is 11.6 Å². The Morgan fingerprint density at radius 2 is 2.15 bits per heavy atom. The molecule has 2 atom stereocenters. The van der Waals surface area contributed by atoms with Crippen LogP contribution in [0.3, 0.4) is 0 Å². The minimum Gasteiger partial charge on any atom is -0.376 e. The van der Waals surface area contributed by atoms with E-state index in [9.17, 15) is 14.9 Å². The first-order valence-corrected chi connectivity index (χ1v) is 9.54. The van der Waals surface area contributed by atoms with Crippen molar-refractivity contribution in [3.05, 3.63) is 33.3 Å². The standard InChI is InChI=1S/C18H24ClN3O5/c1-13(27-12-15-3-2-10-26-15)18(23)21-8-6-20(7-9-21)16-5-4-14(19)11-17(16)22(24)25/h4-5,11,13,15H,2-3,6-10,12H2,1H3. The number of nitro benzene ring substituents is 1. The molecule has 0 radical (unpaired) electrons. The minimum atomic E-state index is -0.523. The lowest BCUT2D eigenvalue weighted by Gasteiger charge is -2.36. The molecule has 2 fully saturated rings. The van der Waals surface area contributed by atoms with Crippen LogP contribution in [-0.2, 0) is 14.3 Å². The van der Waals surface area contributed by atoms with E-state index in [1.54, 1.807) is 24.0 Å². The molecule has 0 spiro atoms. The van der Waals surface area contributed by atoms with E-state index in [-0.39, 0.29) is 17.7 Å². The fraction of sp³-hybridized carbons (Fsp3) is 0.611. The van der Waals surface area contributed by atoms with Crippen molar-refractivity contribution in [2.45, 2.75) is 32.0 Å². The van der Waals surface area contributed by atoms with Gasteiger partial charge in [-0.3, -0.25) is 14.9 Å². The highest BCUT2D eigenvalue weighted by molar-refractivity contribution is 6.30. The number of carbonyl (C=O) groups excluding carboxylic acids is 1. The van der Waals surface area contributed by atoms with E-state index in [0.29, 0.717) is 43.5 Å². The molecule has 148 valence electrons. The van der Waals surface area contributed by atoms with Gasteiger partial charge in [0, 0.05) is 43.9 Å². The number of nitro groups is 1. The summed E-state index contributed by atoms with van der Waals surface area (Å²) in [5, 5.41) is 11.6. The van der Waals surface area contributed by atoms with Gasteiger partial charge in [0.05, 0.1) is 17.6 Å². The first kappa shape index (κ1) is 19.9. The fourth-order valence-corrected chi connectivity index (χ4v) is 3.60. The van der Waals surface area contributed by atoms with E-state index < -0.39 is 11.0 Å². The number of hydrogen-bond donors (Lipinski definition) is 0. The van der Waals surface area contributed by atoms with Gasteiger partial charge in [0.1, 0.15) is 11.8 Å². The van der Waals surface area contributed by atoms with Crippen molar-refractivity contribution in [1.82, 2.24) is 4.90 Å². The Morgan fingerprint density at radius 3 is 2.78 bits per heavy atom. The molecule has 2 unspecified atom stereocenters. The first-order chi connectivity index (χ1) is 13.0. The Hall–Kier alpha value is -1.90. The topological polar surface area (TPSA) is 85.2 Å². The van der Waals surface area contributed by atoms with Crippen LogP contribution in [0.25, 0.3) is 0 Å². The number of rotatable bonds is 6. The average molecular weight is 398 g/mol. The Morgan fingerprint density at radius 1 is 1.41 bits per heavy atom. The number of piperazine rings is 1. The molecule has 0 saturated carbocycles. The third kappa shape index (κ3) is 4.88. The van der Waals surface area contributed by atoms with Gasteiger partial charge in [0.15, 0.2) is 0 Å². The van der Waals surface area contributed by atoms with Crippen LogP contribution in [0.15, 0.2) is 18.2 Å². The predicted octanol–water partition coefficient (Wildman–Crippen LogP) is 2.48. The van der Waals surface area contributed by atoms with Gasteiger partial charge in [0.25, 0.3) is 11.6 Å². The quantitative estimate of drug-likeness (QED) is 0.541. The van der Waals surface area contributed by atoms with Gasteiger partial charge in [-0.05, 0) is 31.9 Å². The second-order valence-corrected chi connectivity index (χ2v) is 7.25. The van der Waals surface area contributed by atoms with Crippen LogP contribution in [0.2, 0.25) is 5.02 Å². The molecule has 2 saturated heterocycles. The maximum Gasteiger partial charge on any atom is 0.294 e. The second-order valence-electron chi connectivity index (χ2n) is 6.81. The summed E-state index contributed by atoms with van der Waals surface area (Å²) >= 11 is 5.88. The number of nitrogens with zero attached hydrogens (tertiary/aromatic N) is 3. The molecule has 0 bridgehead atoms. The summed E-state index contributed by atoms with van der Waals surface area (Å²) in [5.74, 6) is -0.0572. The molecule has 3 rings (SSSR count). The summed E-state index contributed by atoms with van der Waals surface area (Å²) in [6, 6.07) is 4.66. The smallest absolute Gasteiger partial charge is 0.294 e. The summed E-state index contributed by atoms with van der Waals surface area (Å²) < 4.78 is 11.2. The lowest BCUT2D eigenvalue weighted by atomic mass is 10.2. The SMILES string of the molecule is CC(OCC1CCCO1)C(=O)N1CCN(c2ccc(Cl)cc2[N+](=O)[O-])CC1. The van der Waals surface area contributed by atoms with Gasteiger partial charge in [-0.2, -0.15) is 0 Å². The van der Waals surface area contributed by atoms with E-state index in [4.69, 9.17) is 21.1 Å². The Bertz CT molecular complexity index is 688. The molecule has 2 aliphatic heterocycles. The molecule has 2 heterocycles. The predicted molar refractivity (Wildman–Crippen MR) is 101 cm³/mol. The summed E-state index contributed by atoms with van der Waals surface area (Å²) in [6.45, 7) is 4.98. The number of carbonyl (C=O) groups is 1. The minimum absolute atomic E-state index is 0.0180. The van der Waals surface area contributed by atoms with Crippen molar-refractivity contribution < 1.29 is 19.2 Å². The summed E-state index contributed by atoms with van der Waals surface area (Å²) in [6.07, 6.45) is 1.57. The molecule has 0 N–H and O–H groups in total. The van der Waals surface area contributed by atoms with Gasteiger partial charge >= 0.3 is 0 Å². The van der Waals surface area contributed by atoms with Gasteiger partial charge in [-0.25, -0.2) is 0 Å². The molecule has 0 aromatic heterocycles. The van der Waals surface area contributed by atoms with E-state index in [2.05, 4.69) is 0 Å². The van der Waals surface area contributed by atoms with Crippen LogP contribution in [-0.4, -0.2) is 67.3 Å². The Kier molecular flexibility index (Phi) is 6.51. The maximum atomic E-state index is 12.6. The zero-order valence-electron chi connectivity index (χ0n) is 15.3. The van der Waals surface area contributed by atoms with Crippen molar-refractivity contribution in [3.63, 3.8) is 0 Å². The van der Waals surface area contributed by atoms with Crippen molar-refractivity contribution in [1.29, 1.82) is 0 Å². The molecular weight excluding hydrogens is 374 g/mol. The molecule has 9 heteroatoms. The number of benzene rings is 1. The normalized spacial score (nSPS) is 21.3. The largest absolute Gasteiger partial charge is 0.376 e. The average Bonchev–Trinajstić information content (AvgIpc) is 3.19. The van der Waals surface area contributed by atoms with Crippen molar-refractivity contribution in [2.24, 2.45) is 0 Å². The molecule has 1 aromatic carbocycles. The molecule has 0 aliphatic carbocycles. The highest BCUT2D eigenvalue weighted by atomic mass is 35.5. The van der Waals surface area contributed by atoms with Crippen molar-refractivity contribution >= 4 is 28.9 Å². The second kappa shape index (κ2) is 8.86. The molecular formula is C18H24ClN3O5. The lowest BCUT2D eigenvalue weighted by molar-refractivity contribution is -0.384. The van der Waals surface area contributed by atoms with Crippen LogP contribution < -0.4 is 4.90 Å². The Balaban J connectivity index is 1.54. The molecule has 1 aromatic rings. The summed E-state index contributed by atoms with van der Waals surface area (Å²) in [5.41, 5.74) is 0.509. The zero-order chi connectivity index (χ0) is 19.4. The molecule has 27 heavy (non-hydrogen) atoms.